The monoisotopic (exact) mass is 422 g/mol. The van der Waals surface area contributed by atoms with E-state index in [4.69, 9.17) is 4.74 Å². The van der Waals surface area contributed by atoms with Crippen LogP contribution in [0.15, 0.2) is 29.2 Å². The van der Waals surface area contributed by atoms with Crippen LogP contribution in [0.1, 0.15) is 55.3 Å². The molecule has 1 amide bonds. The number of hydrogen-bond acceptors (Lipinski definition) is 5. The molecule has 3 rings (SSSR count). The highest BCUT2D eigenvalue weighted by Crippen LogP contribution is 2.27. The summed E-state index contributed by atoms with van der Waals surface area (Å²) < 4.78 is 32.4. The zero-order valence-corrected chi connectivity index (χ0v) is 17.7. The summed E-state index contributed by atoms with van der Waals surface area (Å²) in [6.45, 7) is 1.14. The highest BCUT2D eigenvalue weighted by Gasteiger charge is 2.35. The zero-order chi connectivity index (χ0) is 20.9. The van der Waals surface area contributed by atoms with Crippen LogP contribution in [0.4, 0.5) is 0 Å². The molecule has 1 aliphatic heterocycles. The summed E-state index contributed by atoms with van der Waals surface area (Å²) in [7, 11) is -2.68. The maximum absolute atomic E-state index is 13.2. The first-order valence-electron chi connectivity index (χ1n) is 10.4. The van der Waals surface area contributed by atoms with Crippen molar-refractivity contribution >= 4 is 21.9 Å². The third-order valence-corrected chi connectivity index (χ3v) is 7.88. The molecule has 7 nitrogen and oxygen atoms in total. The van der Waals surface area contributed by atoms with Crippen molar-refractivity contribution in [2.24, 2.45) is 11.8 Å². The van der Waals surface area contributed by atoms with Crippen LogP contribution in [0.5, 0.6) is 0 Å². The predicted octanol–water partition coefficient (Wildman–Crippen LogP) is 2.57. The first-order chi connectivity index (χ1) is 13.9. The number of rotatable bonds is 6. The van der Waals surface area contributed by atoms with E-state index in [0.29, 0.717) is 31.8 Å². The van der Waals surface area contributed by atoms with E-state index in [1.165, 1.54) is 42.8 Å². The van der Waals surface area contributed by atoms with Gasteiger partial charge >= 0.3 is 5.97 Å². The van der Waals surface area contributed by atoms with Crippen LogP contribution < -0.4 is 5.32 Å². The van der Waals surface area contributed by atoms with Gasteiger partial charge in [-0.05, 0) is 43.7 Å². The number of carbonyl (C=O) groups is 2. The van der Waals surface area contributed by atoms with Crippen molar-refractivity contribution in [3.8, 4) is 0 Å². The van der Waals surface area contributed by atoms with Crippen molar-refractivity contribution in [1.82, 2.24) is 9.62 Å². The van der Waals surface area contributed by atoms with E-state index in [1.54, 1.807) is 12.1 Å². The van der Waals surface area contributed by atoms with E-state index < -0.39 is 16.0 Å². The van der Waals surface area contributed by atoms with Crippen LogP contribution in [-0.2, 0) is 19.6 Å². The zero-order valence-electron chi connectivity index (χ0n) is 16.9. The Morgan fingerprint density at radius 2 is 1.83 bits per heavy atom. The molecule has 160 valence electrons. The van der Waals surface area contributed by atoms with Gasteiger partial charge in [0.05, 0.1) is 23.5 Å². The van der Waals surface area contributed by atoms with E-state index in [-0.39, 0.29) is 28.8 Å². The van der Waals surface area contributed by atoms with Crippen molar-refractivity contribution in [3.05, 3.63) is 29.8 Å². The van der Waals surface area contributed by atoms with E-state index in [2.05, 4.69) is 5.32 Å². The molecule has 0 spiro atoms. The van der Waals surface area contributed by atoms with Gasteiger partial charge in [0.15, 0.2) is 0 Å². The number of esters is 1. The topological polar surface area (TPSA) is 92.8 Å². The highest BCUT2D eigenvalue weighted by atomic mass is 32.2. The van der Waals surface area contributed by atoms with Crippen LogP contribution in [-0.4, -0.2) is 51.3 Å². The molecule has 2 fully saturated rings. The minimum atomic E-state index is -3.90. The van der Waals surface area contributed by atoms with Crippen molar-refractivity contribution in [3.63, 3.8) is 0 Å². The van der Waals surface area contributed by atoms with Gasteiger partial charge in [-0.1, -0.05) is 31.4 Å². The molecule has 1 saturated carbocycles. The van der Waals surface area contributed by atoms with E-state index in [0.717, 1.165) is 12.8 Å². The van der Waals surface area contributed by atoms with Gasteiger partial charge in [0.1, 0.15) is 0 Å². The number of amides is 1. The van der Waals surface area contributed by atoms with Gasteiger partial charge in [0.2, 0.25) is 15.9 Å². The SMILES string of the molecule is COC(=O)c1ccccc1S(=O)(=O)N1CCCC(C(=O)NCC2CCCCC2)C1. The van der Waals surface area contributed by atoms with Crippen molar-refractivity contribution in [1.29, 1.82) is 0 Å². The Balaban J connectivity index is 1.68. The normalized spacial score (nSPS) is 21.5. The molecule has 1 aliphatic carbocycles. The number of benzene rings is 1. The molecule has 1 saturated heterocycles. The summed E-state index contributed by atoms with van der Waals surface area (Å²) in [6.07, 6.45) is 7.28. The maximum Gasteiger partial charge on any atom is 0.339 e. The summed E-state index contributed by atoms with van der Waals surface area (Å²) >= 11 is 0. The van der Waals surface area contributed by atoms with Gasteiger partial charge in [-0.2, -0.15) is 4.31 Å². The molecule has 8 heteroatoms. The lowest BCUT2D eigenvalue weighted by molar-refractivity contribution is -0.126. The average Bonchev–Trinajstić information content (AvgIpc) is 2.77. The quantitative estimate of drug-likeness (QED) is 0.711. The lowest BCUT2D eigenvalue weighted by Gasteiger charge is -2.32. The Bertz CT molecular complexity index is 833. The fourth-order valence-electron chi connectivity index (χ4n) is 4.26. The van der Waals surface area contributed by atoms with Crippen LogP contribution >= 0.6 is 0 Å². The molecule has 2 aliphatic rings. The second-order valence-corrected chi connectivity index (χ2v) is 9.85. The molecule has 1 N–H and O–H groups in total. The third-order valence-electron chi connectivity index (χ3n) is 5.95. The molecule has 29 heavy (non-hydrogen) atoms. The first kappa shape index (κ1) is 21.8. The molecule has 0 aromatic heterocycles. The van der Waals surface area contributed by atoms with E-state index >= 15 is 0 Å². The number of hydrogen-bond donors (Lipinski definition) is 1. The minimum absolute atomic E-state index is 0.0128. The summed E-state index contributed by atoms with van der Waals surface area (Å²) in [6, 6.07) is 6.03. The van der Waals surface area contributed by atoms with Gasteiger partial charge in [0.25, 0.3) is 0 Å². The van der Waals surface area contributed by atoms with Crippen LogP contribution in [0, 0.1) is 11.8 Å². The van der Waals surface area contributed by atoms with Gasteiger partial charge in [-0.15, -0.1) is 0 Å². The van der Waals surface area contributed by atoms with Gasteiger partial charge in [-0.3, -0.25) is 4.79 Å². The highest BCUT2D eigenvalue weighted by molar-refractivity contribution is 7.89. The van der Waals surface area contributed by atoms with Crippen molar-refractivity contribution in [2.75, 3.05) is 26.7 Å². The van der Waals surface area contributed by atoms with E-state index in [1.807, 2.05) is 0 Å². The van der Waals surface area contributed by atoms with Crippen molar-refractivity contribution < 1.29 is 22.7 Å². The minimum Gasteiger partial charge on any atom is -0.465 e. The molecule has 1 aromatic carbocycles. The fourth-order valence-corrected chi connectivity index (χ4v) is 5.97. The number of carbonyl (C=O) groups excluding carboxylic acids is 2. The molecule has 0 bridgehead atoms. The molecule has 1 unspecified atom stereocenters. The lowest BCUT2D eigenvalue weighted by Crippen LogP contribution is -2.46. The maximum atomic E-state index is 13.2. The Labute approximate surface area is 172 Å². The molecule has 1 aromatic rings. The second kappa shape index (κ2) is 9.71. The standard InChI is InChI=1S/C21H30N2O5S/c1-28-21(25)18-11-5-6-12-19(18)29(26,27)23-13-7-10-17(15-23)20(24)22-14-16-8-3-2-4-9-16/h5-6,11-12,16-17H,2-4,7-10,13-15H2,1H3,(H,22,24). The largest absolute Gasteiger partial charge is 0.465 e. The number of sulfonamides is 1. The van der Waals surface area contributed by atoms with Crippen molar-refractivity contribution in [2.45, 2.75) is 49.8 Å². The molecule has 1 atom stereocenters. The Morgan fingerprint density at radius 3 is 2.55 bits per heavy atom. The Hall–Kier alpha value is -1.93. The van der Waals surface area contributed by atoms with E-state index in [9.17, 15) is 18.0 Å². The molecular formula is C21H30N2O5S. The summed E-state index contributed by atoms with van der Waals surface area (Å²) in [5.41, 5.74) is 0.0128. The second-order valence-electron chi connectivity index (χ2n) is 7.94. The van der Waals surface area contributed by atoms with Crippen LogP contribution in [0.2, 0.25) is 0 Å². The third kappa shape index (κ3) is 5.17. The molecule has 0 radical (unpaired) electrons. The van der Waals surface area contributed by atoms with Crippen LogP contribution in [0.3, 0.4) is 0 Å². The Kier molecular flexibility index (Phi) is 7.29. The predicted molar refractivity (Wildman–Crippen MR) is 109 cm³/mol. The fraction of sp³-hybridized carbons (Fsp3) is 0.619. The molecule has 1 heterocycles. The number of ether oxygens (including phenoxy) is 1. The average molecular weight is 423 g/mol. The summed E-state index contributed by atoms with van der Waals surface area (Å²) in [5.74, 6) is -0.602. The first-order valence-corrected chi connectivity index (χ1v) is 11.8. The Morgan fingerprint density at radius 1 is 1.10 bits per heavy atom. The number of methoxy groups -OCH3 is 1. The molecular weight excluding hydrogens is 392 g/mol. The lowest BCUT2D eigenvalue weighted by atomic mass is 9.89. The number of piperidine rings is 1. The van der Waals surface area contributed by atoms with Crippen LogP contribution in [0.25, 0.3) is 0 Å². The van der Waals surface area contributed by atoms with Gasteiger partial charge in [0, 0.05) is 19.6 Å². The number of nitrogens with one attached hydrogen (secondary N) is 1. The van der Waals surface area contributed by atoms with Gasteiger partial charge < -0.3 is 10.1 Å². The number of nitrogens with zero attached hydrogens (tertiary/aromatic N) is 1. The smallest absolute Gasteiger partial charge is 0.339 e. The summed E-state index contributed by atoms with van der Waals surface area (Å²) in [5, 5.41) is 3.04. The summed E-state index contributed by atoms with van der Waals surface area (Å²) in [4.78, 5) is 24.6. The van der Waals surface area contributed by atoms with Gasteiger partial charge in [-0.25, -0.2) is 13.2 Å².